The number of halogens is 1. The van der Waals surface area contributed by atoms with Crippen molar-refractivity contribution in [2.45, 2.75) is 25.0 Å². The van der Waals surface area contributed by atoms with E-state index in [0.29, 0.717) is 11.4 Å². The van der Waals surface area contributed by atoms with Gasteiger partial charge < -0.3 is 5.73 Å². The lowest BCUT2D eigenvalue weighted by molar-refractivity contribution is 0.602. The zero-order chi connectivity index (χ0) is 15.1. The highest BCUT2D eigenvalue weighted by Crippen LogP contribution is 2.29. The van der Waals surface area contributed by atoms with Crippen LogP contribution in [0.2, 0.25) is 0 Å². The molecular weight excluding hydrogens is 362 g/mol. The number of aromatic nitrogens is 1. The maximum absolute atomic E-state index is 12.3. The van der Waals surface area contributed by atoms with Gasteiger partial charge in [0.1, 0.15) is 0 Å². The number of hydrogen-bond donors (Lipinski definition) is 2. The molecule has 108 valence electrons. The zero-order valence-corrected chi connectivity index (χ0v) is 14.4. The quantitative estimate of drug-likeness (QED) is 0.862. The summed E-state index contributed by atoms with van der Waals surface area (Å²) in [7, 11) is -3.66. The molecule has 0 radical (unpaired) electrons. The molecule has 3 N–H and O–H groups in total. The number of nitrogens with two attached hydrogens (primary N) is 1. The summed E-state index contributed by atoms with van der Waals surface area (Å²) in [5.41, 5.74) is 8.40. The van der Waals surface area contributed by atoms with Gasteiger partial charge in [-0.15, -0.1) is 0 Å². The highest BCUT2D eigenvalue weighted by Gasteiger charge is 2.21. The molecule has 0 amide bonds. The number of thiazole rings is 1. The minimum Gasteiger partial charge on any atom is -0.375 e. The Morgan fingerprint density at radius 2 is 1.80 bits per heavy atom. The van der Waals surface area contributed by atoms with Crippen molar-refractivity contribution in [1.29, 1.82) is 0 Å². The number of hydrogen-bond acceptors (Lipinski definition) is 5. The largest absolute Gasteiger partial charge is 0.375 e. The minimum atomic E-state index is -3.66. The number of benzene rings is 1. The van der Waals surface area contributed by atoms with Crippen LogP contribution in [0.15, 0.2) is 20.8 Å². The van der Waals surface area contributed by atoms with Crippen LogP contribution in [-0.4, -0.2) is 13.4 Å². The van der Waals surface area contributed by atoms with E-state index in [1.165, 1.54) is 0 Å². The van der Waals surface area contributed by atoms with Gasteiger partial charge in [0.2, 0.25) is 0 Å². The Morgan fingerprint density at radius 1 is 1.25 bits per heavy atom. The number of nitrogens with one attached hydrogen (secondary N) is 1. The normalized spacial score (nSPS) is 11.6. The van der Waals surface area contributed by atoms with Crippen molar-refractivity contribution in [2.24, 2.45) is 0 Å². The van der Waals surface area contributed by atoms with Gasteiger partial charge >= 0.3 is 0 Å². The molecular formula is C12H14BrN3O2S2. The second-order valence-electron chi connectivity index (χ2n) is 4.45. The number of rotatable bonds is 3. The summed E-state index contributed by atoms with van der Waals surface area (Å²) in [5.74, 6) is 0. The molecule has 0 unspecified atom stereocenters. The van der Waals surface area contributed by atoms with E-state index in [2.05, 4.69) is 25.6 Å². The lowest BCUT2D eigenvalue weighted by Crippen LogP contribution is -2.13. The van der Waals surface area contributed by atoms with Crippen LogP contribution in [0.1, 0.15) is 16.8 Å². The summed E-state index contributed by atoms with van der Waals surface area (Å²) in [6.45, 7) is 5.44. The molecule has 2 aromatic rings. The van der Waals surface area contributed by atoms with Crippen LogP contribution in [0.5, 0.6) is 0 Å². The van der Waals surface area contributed by atoms with E-state index in [0.717, 1.165) is 26.9 Å². The molecule has 5 nitrogen and oxygen atoms in total. The fourth-order valence-electron chi connectivity index (χ4n) is 1.86. The van der Waals surface area contributed by atoms with E-state index < -0.39 is 10.0 Å². The van der Waals surface area contributed by atoms with Crippen LogP contribution >= 0.6 is 27.3 Å². The molecule has 2 rings (SSSR count). The first kappa shape index (κ1) is 15.3. The molecule has 0 saturated heterocycles. The maximum atomic E-state index is 12.3. The summed E-state index contributed by atoms with van der Waals surface area (Å²) in [4.78, 5) is 3.94. The zero-order valence-electron chi connectivity index (χ0n) is 11.2. The maximum Gasteiger partial charge on any atom is 0.273 e. The molecule has 1 aromatic carbocycles. The third-order valence-electron chi connectivity index (χ3n) is 2.70. The van der Waals surface area contributed by atoms with Gasteiger partial charge in [-0.25, -0.2) is 13.4 Å². The molecule has 1 aromatic heterocycles. The SMILES string of the molecule is Cc1cc(NS(=O)(=O)c2sc(N)nc2C)cc(C)c1Br. The molecule has 1 heterocycles. The van der Waals surface area contributed by atoms with Crippen LogP contribution in [0, 0.1) is 20.8 Å². The van der Waals surface area contributed by atoms with E-state index in [9.17, 15) is 8.42 Å². The van der Waals surface area contributed by atoms with Crippen molar-refractivity contribution < 1.29 is 8.42 Å². The highest BCUT2D eigenvalue weighted by atomic mass is 79.9. The van der Waals surface area contributed by atoms with Gasteiger partial charge in [-0.3, -0.25) is 4.72 Å². The number of sulfonamides is 1. The molecule has 0 spiro atoms. The van der Waals surface area contributed by atoms with Crippen molar-refractivity contribution >= 4 is 48.1 Å². The van der Waals surface area contributed by atoms with Gasteiger partial charge in [-0.2, -0.15) is 0 Å². The molecule has 0 aliphatic heterocycles. The van der Waals surface area contributed by atoms with E-state index >= 15 is 0 Å². The van der Waals surface area contributed by atoms with Crippen molar-refractivity contribution in [3.8, 4) is 0 Å². The third-order valence-corrected chi connectivity index (χ3v) is 6.93. The van der Waals surface area contributed by atoms with Gasteiger partial charge in [0.25, 0.3) is 10.0 Å². The number of nitrogen functional groups attached to an aromatic ring is 1. The minimum absolute atomic E-state index is 0.147. The molecule has 0 bridgehead atoms. The van der Waals surface area contributed by atoms with E-state index in [4.69, 9.17) is 5.73 Å². The molecule has 0 saturated carbocycles. The first-order valence-corrected chi connectivity index (χ1v) is 8.82. The Morgan fingerprint density at radius 3 is 2.25 bits per heavy atom. The summed E-state index contributed by atoms with van der Waals surface area (Å²) < 4.78 is 28.4. The summed E-state index contributed by atoms with van der Waals surface area (Å²) >= 11 is 4.41. The van der Waals surface area contributed by atoms with Gasteiger partial charge in [0, 0.05) is 10.2 Å². The number of anilines is 2. The smallest absolute Gasteiger partial charge is 0.273 e. The van der Waals surface area contributed by atoms with E-state index in [-0.39, 0.29) is 9.34 Å². The third kappa shape index (κ3) is 2.97. The van der Waals surface area contributed by atoms with E-state index in [1.54, 1.807) is 19.1 Å². The fourth-order valence-corrected chi connectivity index (χ4v) is 4.43. The first-order valence-electron chi connectivity index (χ1n) is 5.73. The molecule has 8 heteroatoms. The number of nitrogens with zero attached hydrogens (tertiary/aromatic N) is 1. The Labute approximate surface area is 130 Å². The van der Waals surface area contributed by atoms with Crippen molar-refractivity contribution in [2.75, 3.05) is 10.5 Å². The van der Waals surface area contributed by atoms with Crippen molar-refractivity contribution in [1.82, 2.24) is 4.98 Å². The summed E-state index contributed by atoms with van der Waals surface area (Å²) in [6, 6.07) is 3.54. The second kappa shape index (κ2) is 5.34. The molecule has 20 heavy (non-hydrogen) atoms. The standard InChI is InChI=1S/C12H14BrN3O2S2/c1-6-4-9(5-7(2)10(6)13)16-20(17,18)11-8(3)15-12(14)19-11/h4-5,16H,1-3H3,(H2,14,15). The average molecular weight is 376 g/mol. The van der Waals surface area contributed by atoms with Gasteiger partial charge in [-0.1, -0.05) is 27.3 Å². The predicted molar refractivity (Wildman–Crippen MR) is 85.7 cm³/mol. The molecule has 0 atom stereocenters. The summed E-state index contributed by atoms with van der Waals surface area (Å²) in [5, 5.41) is 0.242. The Bertz CT molecular complexity index is 746. The van der Waals surface area contributed by atoms with Crippen LogP contribution in [0.3, 0.4) is 0 Å². The lowest BCUT2D eigenvalue weighted by atomic mass is 10.1. The molecule has 0 aliphatic carbocycles. The lowest BCUT2D eigenvalue weighted by Gasteiger charge is -2.10. The Balaban J connectivity index is 2.41. The second-order valence-corrected chi connectivity index (χ2v) is 8.16. The van der Waals surface area contributed by atoms with Gasteiger partial charge in [-0.05, 0) is 44.0 Å². The fraction of sp³-hybridized carbons (Fsp3) is 0.250. The first-order chi connectivity index (χ1) is 9.20. The topological polar surface area (TPSA) is 85.1 Å². The number of aryl methyl sites for hydroxylation is 3. The Kier molecular flexibility index (Phi) is 4.08. The van der Waals surface area contributed by atoms with Gasteiger partial charge in [0.15, 0.2) is 9.34 Å². The molecule has 0 fully saturated rings. The average Bonchev–Trinajstić information content (AvgIpc) is 2.65. The van der Waals surface area contributed by atoms with Crippen LogP contribution in [0.25, 0.3) is 0 Å². The van der Waals surface area contributed by atoms with Crippen molar-refractivity contribution in [3.63, 3.8) is 0 Å². The highest BCUT2D eigenvalue weighted by molar-refractivity contribution is 9.10. The van der Waals surface area contributed by atoms with Crippen LogP contribution in [-0.2, 0) is 10.0 Å². The van der Waals surface area contributed by atoms with E-state index in [1.807, 2.05) is 13.8 Å². The van der Waals surface area contributed by atoms with Crippen LogP contribution in [0.4, 0.5) is 10.8 Å². The monoisotopic (exact) mass is 375 g/mol. The van der Waals surface area contributed by atoms with Gasteiger partial charge in [0.05, 0.1) is 5.69 Å². The summed E-state index contributed by atoms with van der Waals surface area (Å²) in [6.07, 6.45) is 0. The predicted octanol–water partition coefficient (Wildman–Crippen LogP) is 3.21. The van der Waals surface area contributed by atoms with Crippen LogP contribution < -0.4 is 10.5 Å². The Hall–Kier alpha value is -1.12. The molecule has 0 aliphatic rings. The van der Waals surface area contributed by atoms with Crippen molar-refractivity contribution in [3.05, 3.63) is 33.4 Å².